The number of carbonyl (C=O) groups excluding carboxylic acids is 2. The van der Waals surface area contributed by atoms with E-state index in [0.717, 1.165) is 29.2 Å². The van der Waals surface area contributed by atoms with Crippen LogP contribution in [0.1, 0.15) is 23.7 Å². The molecule has 288 valence electrons. The summed E-state index contributed by atoms with van der Waals surface area (Å²) in [5.41, 5.74) is -1.84. The molecule has 3 aromatic heterocycles. The fourth-order valence-corrected chi connectivity index (χ4v) is 5.38. The molecule has 24 heteroatoms. The van der Waals surface area contributed by atoms with Gasteiger partial charge in [0.2, 0.25) is 12.5 Å². The van der Waals surface area contributed by atoms with Crippen LogP contribution in [0.5, 0.6) is 0 Å². The molecule has 0 saturated carbocycles. The number of carbonyl (C=O) groups is 2. The van der Waals surface area contributed by atoms with Gasteiger partial charge in [-0.2, -0.15) is 27.5 Å². The van der Waals surface area contributed by atoms with Gasteiger partial charge in [-0.3, -0.25) is 19.8 Å². The van der Waals surface area contributed by atoms with Gasteiger partial charge >= 0.3 is 35.4 Å². The van der Waals surface area contributed by atoms with Crippen LogP contribution in [0.2, 0.25) is 0 Å². The van der Waals surface area contributed by atoms with E-state index in [9.17, 15) is 38.2 Å². The minimum absolute atomic E-state index is 0.00673. The maximum atomic E-state index is 15.1. The number of amides is 2. The molecule has 2 aliphatic rings. The lowest BCUT2D eigenvalue weighted by Gasteiger charge is -2.21. The zero-order chi connectivity index (χ0) is 38.8. The van der Waals surface area contributed by atoms with Crippen LogP contribution in [0.15, 0.2) is 70.6 Å². The van der Waals surface area contributed by atoms with Crippen LogP contribution in [0.3, 0.4) is 0 Å². The molecule has 0 bridgehead atoms. The van der Waals surface area contributed by atoms with Gasteiger partial charge in [0.15, 0.2) is 12.2 Å². The molecular formula is C30H29F4N9O11. The number of hydrogen-bond donors (Lipinski definition) is 5. The monoisotopic (exact) mass is 767 g/mol. The molecule has 2 aliphatic heterocycles. The van der Waals surface area contributed by atoms with Gasteiger partial charge in [-0.1, -0.05) is 35.5 Å². The Balaban J connectivity index is 1.01. The minimum Gasteiger partial charge on any atom is -0.444 e. The molecule has 6 rings (SSSR count). The number of nitrogens with zero attached hydrogens (tertiary/aromatic N) is 7. The molecule has 2 fully saturated rings. The topological polar surface area (TPSA) is 256 Å². The van der Waals surface area contributed by atoms with Crippen molar-refractivity contribution in [2.45, 2.75) is 68.5 Å². The van der Waals surface area contributed by atoms with E-state index in [-0.39, 0.29) is 18.1 Å². The number of hydrogen-bond acceptors (Lipinski definition) is 15. The SMILES string of the molecule is O=C(Nc1ccn([C@@H]2O[C@H](CO)[C@@H](O)C2(F)F)c(=O)n1)OCc1cn(C[C@H]2O[C@@H](n3ccc(NC(=O)OCc4ccccc4)nc3=O)C(F)(F)[C@@H]2O)nn1. The first-order valence-corrected chi connectivity index (χ1v) is 15.7. The molecule has 1 aromatic carbocycles. The number of aromatic nitrogens is 7. The number of anilines is 2. The Hall–Kier alpha value is -5.82. The van der Waals surface area contributed by atoms with Gasteiger partial charge in [-0.05, 0) is 17.7 Å². The molecule has 0 unspecified atom stereocenters. The average molecular weight is 768 g/mol. The second-order valence-electron chi connectivity index (χ2n) is 11.8. The van der Waals surface area contributed by atoms with Crippen LogP contribution in [-0.2, 0) is 38.7 Å². The number of ether oxygens (including phenoxy) is 4. The summed E-state index contributed by atoms with van der Waals surface area (Å²) in [6.07, 6.45) is -11.9. The third-order valence-corrected chi connectivity index (χ3v) is 8.08. The maximum Gasteiger partial charge on any atom is 0.413 e. The number of alkyl halides is 4. The van der Waals surface area contributed by atoms with Gasteiger partial charge < -0.3 is 34.3 Å². The fraction of sp³-hybridized carbons (Fsp3) is 0.400. The Bertz CT molecular complexity index is 2100. The van der Waals surface area contributed by atoms with Crippen LogP contribution >= 0.6 is 0 Å². The van der Waals surface area contributed by atoms with Crippen molar-refractivity contribution < 1.29 is 61.4 Å². The molecular weight excluding hydrogens is 738 g/mol. The summed E-state index contributed by atoms with van der Waals surface area (Å²) in [6, 6.07) is 10.7. The van der Waals surface area contributed by atoms with Crippen molar-refractivity contribution in [3.63, 3.8) is 0 Å². The lowest BCUT2D eigenvalue weighted by Crippen LogP contribution is -2.42. The Labute approximate surface area is 298 Å². The van der Waals surface area contributed by atoms with Crippen LogP contribution in [-0.4, -0.2) is 104 Å². The van der Waals surface area contributed by atoms with Gasteiger partial charge in [-0.15, -0.1) is 5.10 Å². The smallest absolute Gasteiger partial charge is 0.413 e. The minimum atomic E-state index is -3.99. The lowest BCUT2D eigenvalue weighted by molar-refractivity contribution is -0.141. The maximum absolute atomic E-state index is 15.1. The molecule has 6 atom stereocenters. The van der Waals surface area contributed by atoms with Crippen LogP contribution in [0, 0.1) is 0 Å². The number of aliphatic hydroxyl groups is 3. The molecule has 20 nitrogen and oxygen atoms in total. The zero-order valence-electron chi connectivity index (χ0n) is 27.3. The molecule has 2 amide bonds. The summed E-state index contributed by atoms with van der Waals surface area (Å²) in [6.45, 7) is -2.05. The highest BCUT2D eigenvalue weighted by molar-refractivity contribution is 5.83. The first kappa shape index (κ1) is 37.9. The molecule has 4 aromatic rings. The van der Waals surface area contributed by atoms with E-state index in [0.29, 0.717) is 14.7 Å². The third-order valence-electron chi connectivity index (χ3n) is 8.08. The number of nitrogens with one attached hydrogen (secondary N) is 2. The van der Waals surface area contributed by atoms with Crippen LogP contribution < -0.4 is 22.0 Å². The van der Waals surface area contributed by atoms with Gasteiger partial charge in [-0.25, -0.2) is 23.9 Å². The van der Waals surface area contributed by atoms with E-state index < -0.39 is 97.9 Å². The predicted octanol–water partition coefficient (Wildman–Crippen LogP) is 0.369. The van der Waals surface area contributed by atoms with Crippen molar-refractivity contribution in [1.29, 1.82) is 0 Å². The molecule has 5 N–H and O–H groups in total. The standard InChI is InChI=1S/C30H29F4N9O11/c31-29(32)21(45)17(53-23(29)42-8-6-19(35-25(42)47)37-27(49)51-13-15-4-2-1-3-5-15)11-41-10-16(39-40-41)14-52-28(50)38-20-7-9-43(26(48)36-20)24-30(33,34)22(46)18(12-44)54-24/h1-10,17-18,21-24,44-46H,11-14H2,(H,35,37,47,49)(H,36,38,48,50)/t17-,18-,21-,22-,23-,24-/m1/s1. The highest BCUT2D eigenvalue weighted by Crippen LogP contribution is 2.43. The Morgan fingerprint density at radius 3 is 1.83 bits per heavy atom. The second-order valence-corrected chi connectivity index (χ2v) is 11.8. The van der Waals surface area contributed by atoms with Crippen molar-refractivity contribution in [3.8, 4) is 0 Å². The summed E-state index contributed by atoms with van der Waals surface area (Å²) >= 11 is 0. The summed E-state index contributed by atoms with van der Waals surface area (Å²) in [5.74, 6) is -8.63. The van der Waals surface area contributed by atoms with Gasteiger partial charge in [0.25, 0.3) is 0 Å². The largest absolute Gasteiger partial charge is 0.444 e. The number of benzene rings is 1. The van der Waals surface area contributed by atoms with Crippen LogP contribution in [0.4, 0.5) is 38.8 Å². The van der Waals surface area contributed by atoms with Crippen LogP contribution in [0.25, 0.3) is 0 Å². The van der Waals surface area contributed by atoms with E-state index in [1.807, 2.05) is 0 Å². The van der Waals surface area contributed by atoms with Gasteiger partial charge in [0, 0.05) is 12.4 Å². The van der Waals surface area contributed by atoms with Crippen molar-refractivity contribution in [1.82, 2.24) is 34.1 Å². The molecule has 5 heterocycles. The molecule has 54 heavy (non-hydrogen) atoms. The predicted molar refractivity (Wildman–Crippen MR) is 168 cm³/mol. The zero-order valence-corrected chi connectivity index (χ0v) is 27.3. The van der Waals surface area contributed by atoms with Crippen molar-refractivity contribution >= 4 is 23.8 Å². The third kappa shape index (κ3) is 7.91. The van der Waals surface area contributed by atoms with Gasteiger partial charge in [0.05, 0.1) is 19.3 Å². The number of halogens is 4. The first-order valence-electron chi connectivity index (χ1n) is 15.7. The quantitative estimate of drug-likeness (QED) is 0.129. The summed E-state index contributed by atoms with van der Waals surface area (Å²) in [7, 11) is 0. The average Bonchev–Trinajstić information content (AvgIpc) is 3.75. The van der Waals surface area contributed by atoms with E-state index in [1.54, 1.807) is 30.3 Å². The molecule has 2 saturated heterocycles. The van der Waals surface area contributed by atoms with Crippen molar-refractivity contribution in [2.75, 3.05) is 17.2 Å². The Morgan fingerprint density at radius 2 is 1.31 bits per heavy atom. The lowest BCUT2D eigenvalue weighted by atomic mass is 10.1. The summed E-state index contributed by atoms with van der Waals surface area (Å²) in [5, 5.41) is 41.0. The van der Waals surface area contributed by atoms with Crippen molar-refractivity contribution in [2.24, 2.45) is 0 Å². The number of aliphatic hydroxyl groups excluding tert-OH is 3. The number of rotatable bonds is 11. The Morgan fingerprint density at radius 1 is 0.796 bits per heavy atom. The van der Waals surface area contributed by atoms with E-state index in [2.05, 4.69) is 30.9 Å². The first-order chi connectivity index (χ1) is 25.7. The van der Waals surface area contributed by atoms with E-state index in [4.69, 9.17) is 24.1 Å². The molecule has 0 aliphatic carbocycles. The molecule has 0 radical (unpaired) electrons. The highest BCUT2D eigenvalue weighted by Gasteiger charge is 2.60. The summed E-state index contributed by atoms with van der Waals surface area (Å²) < 4.78 is 81.1. The fourth-order valence-electron chi connectivity index (χ4n) is 5.38. The normalized spacial score (nSPS) is 24.2. The van der Waals surface area contributed by atoms with E-state index in [1.165, 1.54) is 6.20 Å². The molecule has 0 spiro atoms. The Kier molecular flexibility index (Phi) is 10.7. The van der Waals surface area contributed by atoms with Crippen molar-refractivity contribution in [3.05, 3.63) is 93.3 Å². The van der Waals surface area contributed by atoms with Gasteiger partial charge in [0.1, 0.15) is 42.8 Å². The second kappa shape index (κ2) is 15.3. The van der Waals surface area contributed by atoms with E-state index >= 15 is 8.78 Å². The summed E-state index contributed by atoms with van der Waals surface area (Å²) in [4.78, 5) is 56.4. The highest BCUT2D eigenvalue weighted by atomic mass is 19.3.